The maximum Gasteiger partial charge on any atom is 0.303 e. The second kappa shape index (κ2) is 8.58. The van der Waals surface area contributed by atoms with Crippen LogP contribution in [0.2, 0.25) is 0 Å². The number of piperazine rings is 1. The van der Waals surface area contributed by atoms with Crippen molar-refractivity contribution in [1.29, 1.82) is 0 Å². The maximum absolute atomic E-state index is 13.3. The van der Waals surface area contributed by atoms with Gasteiger partial charge in [0.15, 0.2) is 5.75 Å². The van der Waals surface area contributed by atoms with Crippen molar-refractivity contribution in [3.63, 3.8) is 0 Å². The molecule has 1 aliphatic rings. The zero-order valence-electron chi connectivity index (χ0n) is 16.3. The van der Waals surface area contributed by atoms with Gasteiger partial charge in [0, 0.05) is 10.4 Å². The fraction of sp³-hybridized carbons (Fsp3) is 0.579. The van der Waals surface area contributed by atoms with E-state index in [1.165, 1.54) is 7.11 Å². The van der Waals surface area contributed by atoms with Crippen LogP contribution in [0, 0.1) is 11.8 Å². The van der Waals surface area contributed by atoms with Crippen molar-refractivity contribution in [2.75, 3.05) is 7.11 Å². The fourth-order valence-corrected chi connectivity index (χ4v) is 3.33. The summed E-state index contributed by atoms with van der Waals surface area (Å²) >= 11 is 3.34. The largest absolute Gasteiger partial charge is 0.373 e. The van der Waals surface area contributed by atoms with Crippen molar-refractivity contribution < 1.29 is 24.4 Å². The number of hydroxylamine groups is 4. The first-order chi connectivity index (χ1) is 12.7. The van der Waals surface area contributed by atoms with Crippen LogP contribution in [-0.4, -0.2) is 45.9 Å². The standard InChI is InChI=1S/C19H27BrN2O5/c1-6-12(3)16-17(23)22(27-15-10-8-14(20)9-11-15)19(25,13(4)7-2)18(24)21(16)26-5/h8-13,16,25H,6-7H2,1-5H3/t12-,13-,16?,19?/m0/s1. The van der Waals surface area contributed by atoms with Crippen LogP contribution in [0.1, 0.15) is 40.5 Å². The highest BCUT2D eigenvalue weighted by atomic mass is 79.9. The third kappa shape index (κ3) is 3.83. The number of amides is 2. The molecular formula is C19H27BrN2O5. The lowest BCUT2D eigenvalue weighted by Crippen LogP contribution is -2.75. The van der Waals surface area contributed by atoms with Gasteiger partial charge in [-0.05, 0) is 36.6 Å². The lowest BCUT2D eigenvalue weighted by molar-refractivity contribution is -0.296. The predicted octanol–water partition coefficient (Wildman–Crippen LogP) is 3.12. The van der Waals surface area contributed by atoms with Crippen molar-refractivity contribution in [2.45, 2.75) is 52.3 Å². The van der Waals surface area contributed by atoms with Gasteiger partial charge in [0.1, 0.15) is 6.04 Å². The number of benzene rings is 1. The summed E-state index contributed by atoms with van der Waals surface area (Å²) in [6.45, 7) is 7.30. The first kappa shape index (κ1) is 21.7. The monoisotopic (exact) mass is 442 g/mol. The number of halogens is 1. The molecule has 4 atom stereocenters. The summed E-state index contributed by atoms with van der Waals surface area (Å²) in [4.78, 5) is 37.5. The molecule has 0 radical (unpaired) electrons. The molecule has 2 amide bonds. The van der Waals surface area contributed by atoms with Crippen molar-refractivity contribution in [3.8, 4) is 5.75 Å². The Bertz CT molecular complexity index is 683. The van der Waals surface area contributed by atoms with E-state index in [0.717, 1.165) is 14.6 Å². The number of carbonyl (C=O) groups is 2. The number of hydrogen-bond acceptors (Lipinski definition) is 5. The van der Waals surface area contributed by atoms with Crippen LogP contribution in [0.15, 0.2) is 28.7 Å². The van der Waals surface area contributed by atoms with Crippen molar-refractivity contribution in [3.05, 3.63) is 28.7 Å². The quantitative estimate of drug-likeness (QED) is 0.701. The molecule has 1 aromatic rings. The summed E-state index contributed by atoms with van der Waals surface area (Å²) in [5, 5.41) is 13.2. The van der Waals surface area contributed by atoms with Gasteiger partial charge in [0.25, 0.3) is 11.6 Å². The molecule has 0 bridgehead atoms. The number of aliphatic hydroxyl groups is 1. The average molecular weight is 443 g/mol. The highest BCUT2D eigenvalue weighted by Crippen LogP contribution is 2.36. The van der Waals surface area contributed by atoms with Crippen LogP contribution in [0.5, 0.6) is 5.75 Å². The van der Waals surface area contributed by atoms with Crippen LogP contribution in [-0.2, 0) is 14.4 Å². The summed E-state index contributed by atoms with van der Waals surface area (Å²) in [6, 6.07) is 5.93. The Balaban J connectivity index is 2.53. The lowest BCUT2D eigenvalue weighted by atomic mass is 9.87. The van der Waals surface area contributed by atoms with Gasteiger partial charge in [-0.3, -0.25) is 14.4 Å². The Morgan fingerprint density at radius 1 is 1.19 bits per heavy atom. The van der Waals surface area contributed by atoms with Gasteiger partial charge in [-0.15, -0.1) is 5.06 Å². The van der Waals surface area contributed by atoms with Crippen LogP contribution in [0.25, 0.3) is 0 Å². The summed E-state index contributed by atoms with van der Waals surface area (Å²) in [6.07, 6.45) is 1.11. The lowest BCUT2D eigenvalue weighted by Gasteiger charge is -2.49. The number of nitrogens with zero attached hydrogens (tertiary/aromatic N) is 2. The summed E-state index contributed by atoms with van der Waals surface area (Å²) in [5.41, 5.74) is -2.17. The number of hydrogen-bond donors (Lipinski definition) is 1. The van der Waals surface area contributed by atoms with E-state index in [9.17, 15) is 14.7 Å². The topological polar surface area (TPSA) is 79.3 Å². The molecule has 0 spiro atoms. The van der Waals surface area contributed by atoms with Gasteiger partial charge in [-0.1, -0.05) is 50.0 Å². The molecule has 150 valence electrons. The van der Waals surface area contributed by atoms with E-state index >= 15 is 0 Å². The zero-order chi connectivity index (χ0) is 20.4. The maximum atomic E-state index is 13.3. The second-order valence-electron chi connectivity index (χ2n) is 6.86. The molecule has 7 nitrogen and oxygen atoms in total. The van der Waals surface area contributed by atoms with E-state index in [-0.39, 0.29) is 5.92 Å². The molecule has 1 aromatic carbocycles. The Morgan fingerprint density at radius 2 is 1.78 bits per heavy atom. The van der Waals surface area contributed by atoms with Crippen LogP contribution < -0.4 is 4.84 Å². The number of carbonyl (C=O) groups excluding carboxylic acids is 2. The van der Waals surface area contributed by atoms with E-state index in [1.54, 1.807) is 31.2 Å². The summed E-state index contributed by atoms with van der Waals surface area (Å²) < 4.78 is 0.844. The van der Waals surface area contributed by atoms with Gasteiger partial charge in [-0.25, -0.2) is 5.06 Å². The minimum atomic E-state index is -2.17. The first-order valence-corrected chi connectivity index (χ1v) is 9.89. The van der Waals surface area contributed by atoms with Crippen LogP contribution in [0.4, 0.5) is 0 Å². The Labute approximate surface area is 168 Å². The molecule has 1 N–H and O–H groups in total. The van der Waals surface area contributed by atoms with Gasteiger partial charge < -0.3 is 9.94 Å². The average Bonchev–Trinajstić information content (AvgIpc) is 2.67. The van der Waals surface area contributed by atoms with E-state index in [0.29, 0.717) is 18.6 Å². The molecule has 1 heterocycles. The molecule has 27 heavy (non-hydrogen) atoms. The van der Waals surface area contributed by atoms with Crippen LogP contribution in [0.3, 0.4) is 0 Å². The van der Waals surface area contributed by atoms with Gasteiger partial charge in [-0.2, -0.15) is 0 Å². The van der Waals surface area contributed by atoms with E-state index in [2.05, 4.69) is 15.9 Å². The Kier molecular flexibility index (Phi) is 6.88. The van der Waals surface area contributed by atoms with Gasteiger partial charge in [0.2, 0.25) is 0 Å². The molecule has 0 aromatic heterocycles. The van der Waals surface area contributed by atoms with E-state index < -0.39 is 29.5 Å². The minimum Gasteiger partial charge on any atom is -0.373 e. The predicted molar refractivity (Wildman–Crippen MR) is 103 cm³/mol. The highest BCUT2D eigenvalue weighted by Gasteiger charge is 2.61. The smallest absolute Gasteiger partial charge is 0.303 e. The molecule has 2 rings (SSSR count). The molecule has 0 aliphatic carbocycles. The normalized spacial score (nSPS) is 25.5. The first-order valence-electron chi connectivity index (χ1n) is 9.09. The third-order valence-electron chi connectivity index (χ3n) is 5.22. The minimum absolute atomic E-state index is 0.182. The van der Waals surface area contributed by atoms with Gasteiger partial charge >= 0.3 is 5.91 Å². The fourth-order valence-electron chi connectivity index (χ4n) is 3.07. The van der Waals surface area contributed by atoms with Crippen molar-refractivity contribution in [2.24, 2.45) is 11.8 Å². The summed E-state index contributed by atoms with van der Waals surface area (Å²) in [5.74, 6) is -1.63. The van der Waals surface area contributed by atoms with Crippen molar-refractivity contribution >= 4 is 27.7 Å². The Morgan fingerprint density at radius 3 is 2.26 bits per heavy atom. The number of rotatable bonds is 7. The van der Waals surface area contributed by atoms with Crippen molar-refractivity contribution in [1.82, 2.24) is 10.1 Å². The SMILES string of the molecule is CC[C@H](C)C1C(=O)N(Oc2ccc(Br)cc2)C(O)([C@@H](C)CC)C(=O)N1OC. The highest BCUT2D eigenvalue weighted by molar-refractivity contribution is 9.10. The second-order valence-corrected chi connectivity index (χ2v) is 7.77. The van der Waals surface area contributed by atoms with E-state index in [4.69, 9.17) is 9.68 Å². The van der Waals surface area contributed by atoms with Gasteiger partial charge in [0.05, 0.1) is 7.11 Å². The molecule has 1 fully saturated rings. The Hall–Kier alpha value is -1.64. The molecule has 1 saturated heterocycles. The summed E-state index contributed by atoms with van der Waals surface area (Å²) in [7, 11) is 1.32. The molecule has 0 saturated carbocycles. The van der Waals surface area contributed by atoms with E-state index in [1.807, 2.05) is 20.8 Å². The molecule has 2 unspecified atom stereocenters. The zero-order valence-corrected chi connectivity index (χ0v) is 17.9. The molecule has 1 aliphatic heterocycles. The van der Waals surface area contributed by atoms with Crippen LogP contribution >= 0.6 is 15.9 Å². The molecule has 8 heteroatoms. The molecular weight excluding hydrogens is 416 g/mol. The third-order valence-corrected chi connectivity index (χ3v) is 5.75.